The molecule has 1 aromatic rings. The fraction of sp³-hybridized carbons (Fsp3) is 0.562. The third kappa shape index (κ3) is 4.76. The predicted molar refractivity (Wildman–Crippen MR) is 82.9 cm³/mol. The molecule has 0 saturated heterocycles. The van der Waals surface area contributed by atoms with Crippen LogP contribution < -0.4 is 15.8 Å². The van der Waals surface area contributed by atoms with E-state index in [1.165, 1.54) is 12.8 Å². The minimum absolute atomic E-state index is 0.347. The Balaban J connectivity index is 1.91. The lowest BCUT2D eigenvalue weighted by molar-refractivity contribution is 0.297. The average molecular weight is 275 g/mol. The Labute approximate surface area is 121 Å². The first-order valence-electron chi connectivity index (χ1n) is 7.46. The van der Waals surface area contributed by atoms with Crippen molar-refractivity contribution in [3.63, 3.8) is 0 Å². The SMILES string of the molecule is CCC(C)NC(N)=NCc1ccccc1OCC1CC1. The average Bonchev–Trinajstić information content (AvgIpc) is 3.27. The second kappa shape index (κ2) is 7.17. The second-order valence-electron chi connectivity index (χ2n) is 5.52. The molecule has 0 aromatic heterocycles. The Hall–Kier alpha value is -1.71. The molecule has 20 heavy (non-hydrogen) atoms. The maximum atomic E-state index is 5.88. The molecule has 0 spiro atoms. The van der Waals surface area contributed by atoms with E-state index in [1.807, 2.05) is 24.3 Å². The Bertz CT molecular complexity index is 455. The molecule has 0 radical (unpaired) electrons. The summed E-state index contributed by atoms with van der Waals surface area (Å²) in [6.07, 6.45) is 3.62. The zero-order chi connectivity index (χ0) is 14.4. The van der Waals surface area contributed by atoms with E-state index >= 15 is 0 Å². The van der Waals surface area contributed by atoms with Gasteiger partial charge in [-0.25, -0.2) is 4.99 Å². The molecule has 0 aliphatic heterocycles. The highest BCUT2D eigenvalue weighted by molar-refractivity contribution is 5.78. The minimum Gasteiger partial charge on any atom is -0.493 e. The molecule has 1 unspecified atom stereocenters. The van der Waals surface area contributed by atoms with Crippen LogP contribution in [0.4, 0.5) is 0 Å². The lowest BCUT2D eigenvalue weighted by Crippen LogP contribution is -2.38. The summed E-state index contributed by atoms with van der Waals surface area (Å²) in [5.74, 6) is 2.18. The van der Waals surface area contributed by atoms with Crippen molar-refractivity contribution in [1.29, 1.82) is 0 Å². The Morgan fingerprint density at radius 2 is 2.20 bits per heavy atom. The third-order valence-electron chi connectivity index (χ3n) is 3.57. The van der Waals surface area contributed by atoms with Crippen molar-refractivity contribution in [1.82, 2.24) is 5.32 Å². The van der Waals surface area contributed by atoms with Crippen LogP contribution in [0, 0.1) is 5.92 Å². The molecule has 1 aromatic carbocycles. The summed E-state index contributed by atoms with van der Waals surface area (Å²) in [6, 6.07) is 8.40. The monoisotopic (exact) mass is 275 g/mol. The quantitative estimate of drug-likeness (QED) is 0.594. The largest absolute Gasteiger partial charge is 0.493 e. The fourth-order valence-electron chi connectivity index (χ4n) is 1.84. The molecule has 0 bridgehead atoms. The highest BCUT2D eigenvalue weighted by Gasteiger charge is 2.22. The number of nitrogens with one attached hydrogen (secondary N) is 1. The number of benzene rings is 1. The van der Waals surface area contributed by atoms with Crippen molar-refractivity contribution >= 4 is 5.96 Å². The normalized spacial score (nSPS) is 16.8. The molecule has 0 amide bonds. The Kier molecular flexibility index (Phi) is 5.27. The van der Waals surface area contributed by atoms with Crippen LogP contribution in [0.5, 0.6) is 5.75 Å². The minimum atomic E-state index is 0.347. The van der Waals surface area contributed by atoms with Crippen LogP contribution in [0.3, 0.4) is 0 Å². The highest BCUT2D eigenvalue weighted by atomic mass is 16.5. The number of aliphatic imine (C=N–C) groups is 1. The van der Waals surface area contributed by atoms with Crippen LogP contribution in [0.1, 0.15) is 38.7 Å². The first kappa shape index (κ1) is 14.7. The van der Waals surface area contributed by atoms with E-state index in [9.17, 15) is 0 Å². The fourth-order valence-corrected chi connectivity index (χ4v) is 1.84. The molecule has 0 heterocycles. The molecule has 1 saturated carbocycles. The second-order valence-corrected chi connectivity index (χ2v) is 5.52. The molecular formula is C16H25N3O. The zero-order valence-electron chi connectivity index (χ0n) is 12.4. The van der Waals surface area contributed by atoms with Crippen LogP contribution in [-0.2, 0) is 6.54 Å². The summed E-state index contributed by atoms with van der Waals surface area (Å²) in [4.78, 5) is 4.39. The molecule has 110 valence electrons. The number of ether oxygens (including phenoxy) is 1. The molecule has 2 rings (SSSR count). The van der Waals surface area contributed by atoms with Crippen molar-refractivity contribution in [3.05, 3.63) is 29.8 Å². The summed E-state index contributed by atoms with van der Waals surface area (Å²) in [7, 11) is 0. The van der Waals surface area contributed by atoms with Crippen LogP contribution in [0.2, 0.25) is 0 Å². The van der Waals surface area contributed by atoms with Gasteiger partial charge in [-0.05, 0) is 38.2 Å². The van der Waals surface area contributed by atoms with Crippen molar-refractivity contribution < 1.29 is 4.74 Å². The molecule has 1 atom stereocenters. The third-order valence-corrected chi connectivity index (χ3v) is 3.57. The highest BCUT2D eigenvalue weighted by Crippen LogP contribution is 2.30. The molecule has 1 aliphatic rings. The van der Waals surface area contributed by atoms with Crippen LogP contribution in [0.15, 0.2) is 29.3 Å². The zero-order valence-corrected chi connectivity index (χ0v) is 12.4. The number of guanidine groups is 1. The van der Waals surface area contributed by atoms with Gasteiger partial charge in [-0.15, -0.1) is 0 Å². The first-order valence-corrected chi connectivity index (χ1v) is 7.46. The molecule has 1 fully saturated rings. The van der Waals surface area contributed by atoms with Gasteiger partial charge in [0.1, 0.15) is 5.75 Å². The van der Waals surface area contributed by atoms with E-state index in [2.05, 4.69) is 24.2 Å². The topological polar surface area (TPSA) is 59.6 Å². The summed E-state index contributed by atoms with van der Waals surface area (Å²) in [6.45, 7) is 5.58. The van der Waals surface area contributed by atoms with Gasteiger partial charge in [0.15, 0.2) is 5.96 Å². The van der Waals surface area contributed by atoms with Gasteiger partial charge >= 0.3 is 0 Å². The summed E-state index contributed by atoms with van der Waals surface area (Å²) in [5.41, 5.74) is 6.96. The predicted octanol–water partition coefficient (Wildman–Crippen LogP) is 2.68. The van der Waals surface area contributed by atoms with Gasteiger partial charge in [-0.1, -0.05) is 25.1 Å². The van der Waals surface area contributed by atoms with E-state index in [1.54, 1.807) is 0 Å². The molecule has 4 heteroatoms. The van der Waals surface area contributed by atoms with Gasteiger partial charge in [-0.2, -0.15) is 0 Å². The van der Waals surface area contributed by atoms with Crippen LogP contribution >= 0.6 is 0 Å². The summed E-state index contributed by atoms with van der Waals surface area (Å²) in [5, 5.41) is 3.17. The van der Waals surface area contributed by atoms with Crippen molar-refractivity contribution in [3.8, 4) is 5.75 Å². The lowest BCUT2D eigenvalue weighted by atomic mass is 10.2. The molecule has 4 nitrogen and oxygen atoms in total. The lowest BCUT2D eigenvalue weighted by Gasteiger charge is -2.13. The van der Waals surface area contributed by atoms with Crippen molar-refractivity contribution in [2.75, 3.05) is 6.61 Å². The van der Waals surface area contributed by atoms with E-state index in [0.29, 0.717) is 18.5 Å². The molecule has 3 N–H and O–H groups in total. The van der Waals surface area contributed by atoms with E-state index in [0.717, 1.165) is 30.3 Å². The first-order chi connectivity index (χ1) is 9.69. The summed E-state index contributed by atoms with van der Waals surface area (Å²) >= 11 is 0. The van der Waals surface area contributed by atoms with E-state index in [4.69, 9.17) is 10.5 Å². The standard InChI is InChI=1S/C16H25N3O/c1-3-12(2)19-16(17)18-10-14-6-4-5-7-15(14)20-11-13-8-9-13/h4-7,12-13H,3,8-11H2,1-2H3,(H3,17,18,19). The summed E-state index contributed by atoms with van der Waals surface area (Å²) < 4.78 is 5.87. The Morgan fingerprint density at radius 3 is 2.90 bits per heavy atom. The maximum absolute atomic E-state index is 5.88. The van der Waals surface area contributed by atoms with Crippen molar-refractivity contribution in [2.24, 2.45) is 16.6 Å². The number of nitrogens with two attached hydrogens (primary N) is 1. The number of nitrogens with zero attached hydrogens (tertiary/aromatic N) is 1. The van der Waals surface area contributed by atoms with Gasteiger partial charge in [0.25, 0.3) is 0 Å². The van der Waals surface area contributed by atoms with Gasteiger partial charge < -0.3 is 15.8 Å². The Morgan fingerprint density at radius 1 is 1.45 bits per heavy atom. The van der Waals surface area contributed by atoms with E-state index in [-0.39, 0.29) is 0 Å². The van der Waals surface area contributed by atoms with Crippen LogP contribution in [-0.4, -0.2) is 18.6 Å². The van der Waals surface area contributed by atoms with Crippen molar-refractivity contribution in [2.45, 2.75) is 45.7 Å². The number of para-hydroxylation sites is 1. The van der Waals surface area contributed by atoms with Gasteiger partial charge in [0.05, 0.1) is 13.2 Å². The van der Waals surface area contributed by atoms with Gasteiger partial charge in [0, 0.05) is 11.6 Å². The number of hydrogen-bond donors (Lipinski definition) is 2. The van der Waals surface area contributed by atoms with Crippen LogP contribution in [0.25, 0.3) is 0 Å². The van der Waals surface area contributed by atoms with Gasteiger partial charge in [0.2, 0.25) is 0 Å². The molecule has 1 aliphatic carbocycles. The number of rotatable bonds is 7. The van der Waals surface area contributed by atoms with E-state index < -0.39 is 0 Å². The smallest absolute Gasteiger partial charge is 0.189 e. The molecular weight excluding hydrogens is 250 g/mol. The maximum Gasteiger partial charge on any atom is 0.189 e. The number of hydrogen-bond acceptors (Lipinski definition) is 2. The van der Waals surface area contributed by atoms with Gasteiger partial charge in [-0.3, -0.25) is 0 Å².